The molecule has 26 heavy (non-hydrogen) atoms. The molecule has 3 aromatic heterocycles. The monoisotopic (exact) mass is 411 g/mol. The minimum absolute atomic E-state index is 0.166. The smallest absolute Gasteiger partial charge is 0.101 e. The lowest BCUT2D eigenvalue weighted by Gasteiger charge is -2.27. The van der Waals surface area contributed by atoms with Gasteiger partial charge in [0.1, 0.15) is 6.07 Å². The van der Waals surface area contributed by atoms with Crippen LogP contribution >= 0.6 is 15.9 Å². The van der Waals surface area contributed by atoms with Crippen molar-refractivity contribution in [2.45, 2.75) is 37.8 Å². The molecular formula is C19H18BrN5O. The van der Waals surface area contributed by atoms with Crippen LogP contribution in [0.4, 0.5) is 5.69 Å². The number of aromatic nitrogens is 3. The van der Waals surface area contributed by atoms with Crippen molar-refractivity contribution in [2.24, 2.45) is 0 Å². The molecule has 132 valence electrons. The Morgan fingerprint density at radius 2 is 2.00 bits per heavy atom. The molecule has 1 saturated carbocycles. The minimum Gasteiger partial charge on any atom is -0.393 e. The Morgan fingerprint density at radius 3 is 2.77 bits per heavy atom. The number of pyridine rings is 1. The van der Waals surface area contributed by atoms with Crippen molar-refractivity contribution in [1.82, 2.24) is 14.6 Å². The fourth-order valence-electron chi connectivity index (χ4n) is 3.38. The van der Waals surface area contributed by atoms with Crippen molar-refractivity contribution in [3.63, 3.8) is 0 Å². The predicted molar refractivity (Wildman–Crippen MR) is 103 cm³/mol. The molecule has 0 aliphatic heterocycles. The van der Waals surface area contributed by atoms with Crippen LogP contribution in [-0.4, -0.2) is 31.9 Å². The average Bonchev–Trinajstić information content (AvgIpc) is 3.08. The third-order valence-corrected chi connectivity index (χ3v) is 5.44. The van der Waals surface area contributed by atoms with Crippen molar-refractivity contribution in [1.29, 1.82) is 5.26 Å². The first-order chi connectivity index (χ1) is 12.6. The molecule has 0 bridgehead atoms. The van der Waals surface area contributed by atoms with E-state index in [-0.39, 0.29) is 6.10 Å². The van der Waals surface area contributed by atoms with E-state index in [2.05, 4.69) is 37.4 Å². The maximum Gasteiger partial charge on any atom is 0.101 e. The van der Waals surface area contributed by atoms with Crippen LogP contribution in [0, 0.1) is 11.3 Å². The largest absolute Gasteiger partial charge is 0.393 e. The van der Waals surface area contributed by atoms with E-state index in [0.717, 1.165) is 52.7 Å². The van der Waals surface area contributed by atoms with Crippen LogP contribution in [0.25, 0.3) is 16.9 Å². The second kappa shape index (κ2) is 7.06. The molecule has 7 heteroatoms. The Labute approximate surface area is 159 Å². The van der Waals surface area contributed by atoms with E-state index in [4.69, 9.17) is 5.26 Å². The molecule has 2 N–H and O–H groups in total. The fraction of sp³-hybridized carbons (Fsp3) is 0.316. The molecule has 4 rings (SSSR count). The second-order valence-corrected chi connectivity index (χ2v) is 7.46. The Kier molecular flexibility index (Phi) is 4.62. The summed E-state index contributed by atoms with van der Waals surface area (Å²) < 4.78 is 2.70. The lowest BCUT2D eigenvalue weighted by Crippen LogP contribution is -2.28. The first-order valence-corrected chi connectivity index (χ1v) is 9.42. The Morgan fingerprint density at radius 1 is 1.19 bits per heavy atom. The molecule has 0 atom stereocenters. The second-order valence-electron chi connectivity index (χ2n) is 6.61. The molecule has 1 aliphatic rings. The summed E-state index contributed by atoms with van der Waals surface area (Å²) in [6.07, 6.45) is 6.76. The summed E-state index contributed by atoms with van der Waals surface area (Å²) in [5.41, 5.74) is 4.06. The van der Waals surface area contributed by atoms with E-state index in [0.29, 0.717) is 11.6 Å². The summed E-state index contributed by atoms with van der Waals surface area (Å²) in [7, 11) is 0. The molecular weight excluding hydrogens is 394 g/mol. The van der Waals surface area contributed by atoms with Crippen LogP contribution in [0.5, 0.6) is 0 Å². The van der Waals surface area contributed by atoms with Gasteiger partial charge in [-0.05, 0) is 65.9 Å². The van der Waals surface area contributed by atoms with E-state index in [1.807, 2.05) is 24.3 Å². The van der Waals surface area contributed by atoms with Gasteiger partial charge in [-0.2, -0.15) is 10.4 Å². The average molecular weight is 412 g/mol. The Balaban J connectivity index is 1.65. The van der Waals surface area contributed by atoms with Crippen molar-refractivity contribution in [3.8, 4) is 17.5 Å². The molecule has 1 aliphatic carbocycles. The fourth-order valence-corrected chi connectivity index (χ4v) is 3.72. The van der Waals surface area contributed by atoms with E-state index in [9.17, 15) is 5.11 Å². The van der Waals surface area contributed by atoms with Gasteiger partial charge in [0.2, 0.25) is 0 Å². The number of anilines is 1. The van der Waals surface area contributed by atoms with Crippen LogP contribution < -0.4 is 5.32 Å². The van der Waals surface area contributed by atoms with Gasteiger partial charge in [-0.25, -0.2) is 4.52 Å². The van der Waals surface area contributed by atoms with Crippen molar-refractivity contribution < 1.29 is 5.11 Å². The van der Waals surface area contributed by atoms with E-state index >= 15 is 0 Å². The summed E-state index contributed by atoms with van der Waals surface area (Å²) >= 11 is 3.57. The van der Waals surface area contributed by atoms with Gasteiger partial charge in [0.05, 0.1) is 44.9 Å². The standard InChI is InChI=1S/C19H18BrN5O/c20-16-11-22-18(8-17(16)24-13-1-4-15(26)5-2-13)19-6-3-14-7-12(9-21)10-23-25(14)19/h3,6-8,10-11,13,15,26H,1-2,4-5H2,(H,22,24)/t13-,15+. The van der Waals surface area contributed by atoms with Gasteiger partial charge < -0.3 is 10.4 Å². The molecule has 0 spiro atoms. The van der Waals surface area contributed by atoms with Gasteiger partial charge in [0.15, 0.2) is 0 Å². The van der Waals surface area contributed by atoms with Gasteiger partial charge in [0.25, 0.3) is 0 Å². The van der Waals surface area contributed by atoms with Gasteiger partial charge in [-0.15, -0.1) is 0 Å². The number of nitrogens with one attached hydrogen (secondary N) is 1. The van der Waals surface area contributed by atoms with Crippen LogP contribution in [-0.2, 0) is 0 Å². The zero-order chi connectivity index (χ0) is 18.1. The highest BCUT2D eigenvalue weighted by Gasteiger charge is 2.20. The zero-order valence-electron chi connectivity index (χ0n) is 14.1. The van der Waals surface area contributed by atoms with Gasteiger partial charge in [-0.3, -0.25) is 4.98 Å². The quantitative estimate of drug-likeness (QED) is 0.685. The summed E-state index contributed by atoms with van der Waals surface area (Å²) in [5, 5.41) is 26.6. The number of fused-ring (bicyclic) bond motifs is 1. The molecule has 0 saturated heterocycles. The van der Waals surface area contributed by atoms with Gasteiger partial charge in [0, 0.05) is 12.2 Å². The number of hydrogen-bond donors (Lipinski definition) is 2. The molecule has 6 nitrogen and oxygen atoms in total. The number of nitrogens with zero attached hydrogens (tertiary/aromatic N) is 4. The third kappa shape index (κ3) is 3.30. The number of rotatable bonds is 3. The van der Waals surface area contributed by atoms with E-state index < -0.39 is 0 Å². The topological polar surface area (TPSA) is 86.2 Å². The SMILES string of the molecule is N#Cc1cnn2c(-c3cc(N[C@H]4CC[C@@H](O)CC4)c(Br)cn3)ccc2c1. The molecule has 0 radical (unpaired) electrons. The van der Waals surface area contributed by atoms with Crippen LogP contribution in [0.3, 0.4) is 0 Å². The molecule has 0 amide bonds. The lowest BCUT2D eigenvalue weighted by atomic mass is 9.93. The van der Waals surface area contributed by atoms with Crippen molar-refractivity contribution in [3.05, 3.63) is 46.7 Å². The van der Waals surface area contributed by atoms with Crippen LogP contribution in [0.2, 0.25) is 0 Å². The van der Waals surface area contributed by atoms with E-state index in [1.165, 1.54) is 0 Å². The zero-order valence-corrected chi connectivity index (χ0v) is 15.6. The molecule has 0 aromatic carbocycles. The van der Waals surface area contributed by atoms with Gasteiger partial charge >= 0.3 is 0 Å². The number of nitriles is 1. The van der Waals surface area contributed by atoms with E-state index in [1.54, 1.807) is 16.9 Å². The van der Waals surface area contributed by atoms with Crippen LogP contribution in [0.1, 0.15) is 31.2 Å². The number of halogens is 1. The van der Waals surface area contributed by atoms with Crippen LogP contribution in [0.15, 0.2) is 41.1 Å². The summed E-state index contributed by atoms with van der Waals surface area (Å²) in [4.78, 5) is 4.53. The van der Waals surface area contributed by atoms with Crippen molar-refractivity contribution >= 4 is 27.1 Å². The third-order valence-electron chi connectivity index (χ3n) is 4.80. The summed E-state index contributed by atoms with van der Waals surface area (Å²) in [6, 6.07) is 10.2. The molecule has 3 heterocycles. The Hall–Kier alpha value is -2.43. The highest BCUT2D eigenvalue weighted by Crippen LogP contribution is 2.30. The van der Waals surface area contributed by atoms with Crippen molar-refractivity contribution in [2.75, 3.05) is 5.32 Å². The number of hydrogen-bond acceptors (Lipinski definition) is 5. The first-order valence-electron chi connectivity index (χ1n) is 8.62. The summed E-state index contributed by atoms with van der Waals surface area (Å²) in [5.74, 6) is 0. The number of aliphatic hydroxyl groups is 1. The Bertz CT molecular complexity index is 985. The first kappa shape index (κ1) is 17.0. The normalized spacial score (nSPS) is 20.0. The maximum absolute atomic E-state index is 9.68. The maximum atomic E-state index is 9.68. The van der Waals surface area contributed by atoms with Gasteiger partial charge in [-0.1, -0.05) is 0 Å². The molecule has 0 unspecified atom stereocenters. The predicted octanol–water partition coefficient (Wildman–Crippen LogP) is 3.75. The molecule has 3 aromatic rings. The summed E-state index contributed by atoms with van der Waals surface area (Å²) in [6.45, 7) is 0. The molecule has 1 fully saturated rings. The highest BCUT2D eigenvalue weighted by atomic mass is 79.9. The number of aliphatic hydroxyl groups excluding tert-OH is 1. The lowest BCUT2D eigenvalue weighted by molar-refractivity contribution is 0.126. The minimum atomic E-state index is -0.166. The highest BCUT2D eigenvalue weighted by molar-refractivity contribution is 9.10.